The van der Waals surface area contributed by atoms with E-state index in [2.05, 4.69) is 42.4 Å². The summed E-state index contributed by atoms with van der Waals surface area (Å²) in [6, 6.07) is 0.854. The summed E-state index contributed by atoms with van der Waals surface area (Å²) in [6.45, 7) is 6.10. The van der Waals surface area contributed by atoms with Gasteiger partial charge in [-0.15, -0.1) is 0 Å². The van der Waals surface area contributed by atoms with E-state index in [4.69, 9.17) is 4.99 Å². The molecule has 6 rings (SSSR count). The number of piperazine rings is 1. The van der Waals surface area contributed by atoms with Crippen LogP contribution in [0.15, 0.2) is 23.7 Å². The maximum Gasteiger partial charge on any atom is 0.236 e. The number of rotatable bonds is 4. The van der Waals surface area contributed by atoms with Crippen molar-refractivity contribution < 1.29 is 4.79 Å². The van der Waals surface area contributed by atoms with E-state index in [0.29, 0.717) is 6.54 Å². The maximum absolute atomic E-state index is 13.0. The lowest BCUT2D eigenvalue weighted by Crippen LogP contribution is -2.55. The zero-order chi connectivity index (χ0) is 22.4. The molecule has 1 amide bonds. The normalized spacial score (nSPS) is 23.8. The first-order valence-corrected chi connectivity index (χ1v) is 12.4. The summed E-state index contributed by atoms with van der Waals surface area (Å²) in [5, 5.41) is 1.29. The highest BCUT2D eigenvalue weighted by Crippen LogP contribution is 2.26. The monoisotopic (exact) mass is 447 g/mol. The molecule has 1 saturated carbocycles. The Morgan fingerprint density at radius 1 is 1.09 bits per heavy atom. The molecule has 33 heavy (non-hydrogen) atoms. The van der Waals surface area contributed by atoms with Gasteiger partial charge in [0.2, 0.25) is 5.91 Å². The van der Waals surface area contributed by atoms with Crippen LogP contribution < -0.4 is 10.7 Å². The van der Waals surface area contributed by atoms with Gasteiger partial charge in [0.1, 0.15) is 11.8 Å². The molecule has 1 saturated heterocycles. The molecule has 2 aromatic heterocycles. The zero-order valence-electron chi connectivity index (χ0n) is 19.5. The summed E-state index contributed by atoms with van der Waals surface area (Å²) in [5.74, 6) is 0.283. The number of hydrogen-bond acceptors (Lipinski definition) is 6. The van der Waals surface area contributed by atoms with Gasteiger partial charge in [0, 0.05) is 81.2 Å². The molecule has 0 radical (unpaired) electrons. The molecule has 174 valence electrons. The van der Waals surface area contributed by atoms with Crippen LogP contribution in [-0.2, 0) is 24.8 Å². The van der Waals surface area contributed by atoms with Crippen LogP contribution in [0.25, 0.3) is 6.08 Å². The van der Waals surface area contributed by atoms with Gasteiger partial charge in [-0.25, -0.2) is 9.97 Å². The molecule has 2 fully saturated rings. The van der Waals surface area contributed by atoms with Crippen molar-refractivity contribution in [2.45, 2.75) is 50.7 Å². The van der Waals surface area contributed by atoms with Crippen LogP contribution in [0, 0.1) is 0 Å². The summed E-state index contributed by atoms with van der Waals surface area (Å²) in [4.78, 5) is 33.4. The van der Waals surface area contributed by atoms with Crippen LogP contribution in [0.1, 0.15) is 48.5 Å². The summed E-state index contributed by atoms with van der Waals surface area (Å²) < 4.78 is 2.24. The van der Waals surface area contributed by atoms with Crippen molar-refractivity contribution >= 4 is 12.0 Å². The number of amides is 1. The predicted octanol–water partition coefficient (Wildman–Crippen LogP) is 0.415. The van der Waals surface area contributed by atoms with Gasteiger partial charge in [-0.1, -0.05) is 12.5 Å². The van der Waals surface area contributed by atoms with E-state index in [1.165, 1.54) is 35.7 Å². The number of nitrogens with zero attached hydrogens (tertiary/aromatic N) is 7. The molecule has 8 nitrogen and oxygen atoms in total. The summed E-state index contributed by atoms with van der Waals surface area (Å²) in [6.07, 6.45) is 13.5. The summed E-state index contributed by atoms with van der Waals surface area (Å²) >= 11 is 0. The quantitative estimate of drug-likeness (QED) is 0.679. The van der Waals surface area contributed by atoms with Gasteiger partial charge in [0.15, 0.2) is 0 Å². The van der Waals surface area contributed by atoms with Gasteiger partial charge in [-0.05, 0) is 31.2 Å². The highest BCUT2D eigenvalue weighted by molar-refractivity contribution is 5.78. The Hall–Kier alpha value is -2.58. The Balaban J connectivity index is 1.14. The molecule has 8 heteroatoms. The van der Waals surface area contributed by atoms with Crippen LogP contribution in [0.5, 0.6) is 0 Å². The van der Waals surface area contributed by atoms with Crippen molar-refractivity contribution in [3.8, 4) is 0 Å². The number of carbonyl (C=O) groups is 1. The van der Waals surface area contributed by atoms with Crippen molar-refractivity contribution in [3.63, 3.8) is 0 Å². The van der Waals surface area contributed by atoms with Crippen molar-refractivity contribution in [2.24, 2.45) is 12.0 Å². The first kappa shape index (κ1) is 21.0. The van der Waals surface area contributed by atoms with Crippen molar-refractivity contribution in [3.05, 3.63) is 46.2 Å². The van der Waals surface area contributed by atoms with Crippen LogP contribution in [0.2, 0.25) is 0 Å². The van der Waals surface area contributed by atoms with Gasteiger partial charge in [0.25, 0.3) is 0 Å². The Labute approximate surface area is 194 Å². The fourth-order valence-electron chi connectivity index (χ4n) is 5.85. The first-order chi connectivity index (χ1) is 16.2. The van der Waals surface area contributed by atoms with Gasteiger partial charge in [-0.2, -0.15) is 0 Å². The second-order valence-corrected chi connectivity index (χ2v) is 9.94. The van der Waals surface area contributed by atoms with E-state index < -0.39 is 0 Å². The average Bonchev–Trinajstić information content (AvgIpc) is 3.10. The molecular formula is C25H33N7O. The van der Waals surface area contributed by atoms with E-state index in [1.807, 2.05) is 12.4 Å². The molecule has 0 spiro atoms. The number of hydrogen-bond donors (Lipinski definition) is 0. The molecule has 5 heterocycles. The summed E-state index contributed by atoms with van der Waals surface area (Å²) in [7, 11) is 2.11. The second-order valence-electron chi connectivity index (χ2n) is 9.94. The number of carbonyl (C=O) groups excluding carboxylic acids is 1. The highest BCUT2D eigenvalue weighted by atomic mass is 16.2. The minimum absolute atomic E-state index is 0.0741. The van der Waals surface area contributed by atoms with Gasteiger partial charge in [0.05, 0.1) is 12.6 Å². The first-order valence-electron chi connectivity index (χ1n) is 12.4. The predicted molar refractivity (Wildman–Crippen MR) is 125 cm³/mol. The van der Waals surface area contributed by atoms with Crippen LogP contribution in [-0.4, -0.2) is 80.5 Å². The van der Waals surface area contributed by atoms with Crippen LogP contribution in [0.3, 0.4) is 0 Å². The molecule has 1 atom stereocenters. The van der Waals surface area contributed by atoms with E-state index in [1.54, 1.807) is 6.33 Å². The average molecular weight is 448 g/mol. The van der Waals surface area contributed by atoms with Gasteiger partial charge in [-0.3, -0.25) is 19.6 Å². The zero-order valence-corrected chi connectivity index (χ0v) is 19.5. The second kappa shape index (κ2) is 8.65. The SMILES string of the molecule is Cn1c2c(c3c1=NC(c1cncnc1)CC=3)CCN(CC(=O)N1CCN(C3CCC3)CC1)C2. The standard InChI is InChI=1S/C25H33N7O/c1-29-23-15-30(16-24(33)32-11-9-31(10-12-32)19-3-2-4-19)8-7-20(23)21-5-6-22(28-25(21)29)18-13-26-17-27-14-18/h5,13-14,17,19,22H,2-4,6-12,15-16H2,1H3. The smallest absolute Gasteiger partial charge is 0.236 e. The lowest BCUT2D eigenvalue weighted by molar-refractivity contribution is -0.135. The molecule has 3 aliphatic heterocycles. The van der Waals surface area contributed by atoms with E-state index in [9.17, 15) is 4.79 Å². The largest absolute Gasteiger partial charge is 0.339 e. The fraction of sp³-hybridized carbons (Fsp3) is 0.600. The van der Waals surface area contributed by atoms with Crippen molar-refractivity contribution in [1.82, 2.24) is 29.2 Å². The minimum atomic E-state index is 0.0741. The van der Waals surface area contributed by atoms with Crippen molar-refractivity contribution in [2.75, 3.05) is 39.3 Å². The Morgan fingerprint density at radius 3 is 2.61 bits per heavy atom. The summed E-state index contributed by atoms with van der Waals surface area (Å²) in [5.41, 5.74) is 4.83. The van der Waals surface area contributed by atoms with E-state index >= 15 is 0 Å². The molecule has 4 aliphatic rings. The number of aromatic nitrogens is 3. The molecule has 2 aromatic rings. The molecule has 1 unspecified atom stereocenters. The molecule has 0 bridgehead atoms. The lowest BCUT2D eigenvalue weighted by atomic mass is 9.91. The Morgan fingerprint density at radius 2 is 1.88 bits per heavy atom. The third kappa shape index (κ3) is 3.89. The molecule has 0 aromatic carbocycles. The van der Waals surface area contributed by atoms with Gasteiger partial charge >= 0.3 is 0 Å². The van der Waals surface area contributed by atoms with E-state index in [0.717, 1.165) is 69.2 Å². The number of fused-ring (bicyclic) bond motifs is 3. The molecule has 1 aliphatic carbocycles. The molecular weight excluding hydrogens is 414 g/mol. The minimum Gasteiger partial charge on any atom is -0.339 e. The van der Waals surface area contributed by atoms with Crippen LogP contribution in [0.4, 0.5) is 0 Å². The van der Waals surface area contributed by atoms with Gasteiger partial charge < -0.3 is 9.47 Å². The third-order valence-electron chi connectivity index (χ3n) is 8.09. The highest BCUT2D eigenvalue weighted by Gasteiger charge is 2.31. The van der Waals surface area contributed by atoms with Crippen LogP contribution >= 0.6 is 0 Å². The molecule has 0 N–H and O–H groups in total. The Bertz CT molecular complexity index is 1150. The topological polar surface area (TPSA) is 69.9 Å². The Kier molecular flexibility index (Phi) is 5.50. The van der Waals surface area contributed by atoms with E-state index in [-0.39, 0.29) is 11.9 Å². The lowest BCUT2D eigenvalue weighted by Gasteiger charge is -2.43. The maximum atomic E-state index is 13.0. The third-order valence-corrected chi connectivity index (χ3v) is 8.09. The van der Waals surface area contributed by atoms with Crippen molar-refractivity contribution in [1.29, 1.82) is 0 Å². The fourth-order valence-corrected chi connectivity index (χ4v) is 5.85.